The number of rotatable bonds is 6. The zero-order valence-corrected chi connectivity index (χ0v) is 18.5. The highest BCUT2D eigenvalue weighted by Crippen LogP contribution is 2.42. The largest absolute Gasteiger partial charge is 0.497 e. The fourth-order valence-corrected chi connectivity index (χ4v) is 4.19. The normalized spacial score (nSPS) is 17.8. The number of amides is 2. The van der Waals surface area contributed by atoms with E-state index in [1.54, 1.807) is 55.5 Å². The summed E-state index contributed by atoms with van der Waals surface area (Å²) in [4.78, 5) is 28.1. The smallest absolute Gasteiger partial charge is 0.230 e. The molecule has 0 spiro atoms. The molecule has 1 saturated heterocycles. The van der Waals surface area contributed by atoms with Crippen LogP contribution in [0.4, 0.5) is 11.4 Å². The molecule has 0 saturated carbocycles. The van der Waals surface area contributed by atoms with Crippen LogP contribution in [0.15, 0.2) is 72.8 Å². The second kappa shape index (κ2) is 9.32. The number of nitrogens with zero attached hydrogens (tertiary/aromatic N) is 1. The summed E-state index contributed by atoms with van der Waals surface area (Å²) in [5.74, 6) is 0.447. The van der Waals surface area contributed by atoms with Gasteiger partial charge in [-0.3, -0.25) is 9.59 Å². The van der Waals surface area contributed by atoms with Crippen molar-refractivity contribution in [2.75, 3.05) is 24.4 Å². The Kier molecular flexibility index (Phi) is 6.32. The Labute approximate surface area is 191 Å². The average Bonchev–Trinajstić information content (AvgIpc) is 3.16. The lowest BCUT2D eigenvalue weighted by molar-refractivity contribution is -0.122. The third kappa shape index (κ3) is 4.41. The van der Waals surface area contributed by atoms with Crippen LogP contribution in [-0.2, 0) is 9.59 Å². The van der Waals surface area contributed by atoms with Crippen molar-refractivity contribution in [2.45, 2.75) is 12.5 Å². The molecule has 164 valence electrons. The van der Waals surface area contributed by atoms with Crippen LogP contribution >= 0.6 is 11.6 Å². The van der Waals surface area contributed by atoms with Gasteiger partial charge in [-0.2, -0.15) is 0 Å². The second-order valence-corrected chi connectivity index (χ2v) is 7.93. The minimum atomic E-state index is -0.586. The summed E-state index contributed by atoms with van der Waals surface area (Å²) in [6.45, 7) is 0. The summed E-state index contributed by atoms with van der Waals surface area (Å²) >= 11 is 6.06. The van der Waals surface area contributed by atoms with Crippen molar-refractivity contribution < 1.29 is 19.1 Å². The van der Waals surface area contributed by atoms with Crippen molar-refractivity contribution in [2.24, 2.45) is 5.92 Å². The van der Waals surface area contributed by atoms with E-state index in [1.165, 1.54) is 0 Å². The Hall–Kier alpha value is -3.51. The first-order valence-electron chi connectivity index (χ1n) is 10.2. The van der Waals surface area contributed by atoms with Gasteiger partial charge in [0.1, 0.15) is 11.5 Å². The van der Waals surface area contributed by atoms with Crippen molar-refractivity contribution in [1.29, 1.82) is 0 Å². The molecule has 0 aromatic heterocycles. The Bertz CT molecular complexity index is 1120. The highest BCUT2D eigenvalue weighted by atomic mass is 35.5. The fourth-order valence-electron chi connectivity index (χ4n) is 4.00. The third-order valence-electron chi connectivity index (χ3n) is 5.56. The average molecular weight is 451 g/mol. The standard InChI is InChI=1S/C25H23ClN2O4/c1-31-20-10-6-16(7-11-20)24-22(25(30)27-18-5-3-4-17(26)14-18)15-23(29)28(24)19-8-12-21(32-2)13-9-19/h3-14,22,24H,15H2,1-2H3,(H,27,30)/t22-,24+/m1/s1. The van der Waals surface area contributed by atoms with Crippen LogP contribution in [0.5, 0.6) is 11.5 Å². The van der Waals surface area contributed by atoms with Crippen molar-refractivity contribution in [3.63, 3.8) is 0 Å². The lowest BCUT2D eigenvalue weighted by Gasteiger charge is -2.28. The maximum absolute atomic E-state index is 13.3. The van der Waals surface area contributed by atoms with Gasteiger partial charge in [-0.05, 0) is 60.2 Å². The molecule has 2 amide bonds. The van der Waals surface area contributed by atoms with Crippen molar-refractivity contribution in [3.05, 3.63) is 83.4 Å². The van der Waals surface area contributed by atoms with E-state index < -0.39 is 12.0 Å². The van der Waals surface area contributed by atoms with Crippen LogP contribution < -0.4 is 19.7 Å². The zero-order valence-electron chi connectivity index (χ0n) is 17.7. The van der Waals surface area contributed by atoms with Gasteiger partial charge in [0, 0.05) is 22.8 Å². The number of anilines is 2. The molecule has 3 aromatic carbocycles. The number of ether oxygens (including phenoxy) is 2. The summed E-state index contributed by atoms with van der Waals surface area (Å²) in [6, 6.07) is 21.2. The molecule has 0 aliphatic carbocycles. The van der Waals surface area contributed by atoms with Crippen LogP contribution in [0.1, 0.15) is 18.0 Å². The first-order valence-corrected chi connectivity index (χ1v) is 10.5. The Morgan fingerprint density at radius 2 is 1.59 bits per heavy atom. The number of carbonyl (C=O) groups is 2. The molecular formula is C25H23ClN2O4. The van der Waals surface area contributed by atoms with Gasteiger partial charge in [0.2, 0.25) is 11.8 Å². The molecule has 0 bridgehead atoms. The molecule has 0 unspecified atom stereocenters. The number of hydrogen-bond acceptors (Lipinski definition) is 4. The van der Waals surface area contributed by atoms with Gasteiger partial charge < -0.3 is 19.7 Å². The number of nitrogens with one attached hydrogen (secondary N) is 1. The minimum Gasteiger partial charge on any atom is -0.497 e. The third-order valence-corrected chi connectivity index (χ3v) is 5.79. The van der Waals surface area contributed by atoms with E-state index in [1.807, 2.05) is 36.4 Å². The first-order chi connectivity index (χ1) is 15.5. The zero-order chi connectivity index (χ0) is 22.7. The molecule has 1 aliphatic heterocycles. The second-order valence-electron chi connectivity index (χ2n) is 7.49. The fraction of sp³-hybridized carbons (Fsp3) is 0.200. The highest BCUT2D eigenvalue weighted by Gasteiger charge is 2.45. The van der Waals surface area contributed by atoms with E-state index in [4.69, 9.17) is 21.1 Å². The molecule has 1 N–H and O–H groups in total. The Morgan fingerprint density at radius 1 is 0.969 bits per heavy atom. The Balaban J connectivity index is 1.70. The summed E-state index contributed by atoms with van der Waals surface area (Å²) in [5, 5.41) is 3.44. The van der Waals surface area contributed by atoms with Crippen molar-refractivity contribution >= 4 is 34.8 Å². The van der Waals surface area contributed by atoms with Crippen LogP contribution in [0.2, 0.25) is 5.02 Å². The van der Waals surface area contributed by atoms with Crippen molar-refractivity contribution in [1.82, 2.24) is 0 Å². The molecule has 1 fully saturated rings. The molecule has 4 rings (SSSR count). The summed E-state index contributed by atoms with van der Waals surface area (Å²) < 4.78 is 10.5. The van der Waals surface area contributed by atoms with Gasteiger partial charge in [-0.25, -0.2) is 0 Å². The maximum atomic E-state index is 13.3. The van der Waals surface area contributed by atoms with E-state index in [2.05, 4.69) is 5.32 Å². The van der Waals surface area contributed by atoms with Crippen LogP contribution in [0.25, 0.3) is 0 Å². The maximum Gasteiger partial charge on any atom is 0.230 e. The molecule has 7 heteroatoms. The molecular weight excluding hydrogens is 428 g/mol. The molecule has 1 aliphatic rings. The highest BCUT2D eigenvalue weighted by molar-refractivity contribution is 6.30. The van der Waals surface area contributed by atoms with E-state index in [-0.39, 0.29) is 18.2 Å². The number of methoxy groups -OCH3 is 2. The lowest BCUT2D eigenvalue weighted by atomic mass is 9.92. The quantitative estimate of drug-likeness (QED) is 0.568. The molecule has 6 nitrogen and oxygen atoms in total. The van der Waals surface area contributed by atoms with Crippen LogP contribution in [0.3, 0.4) is 0 Å². The molecule has 2 atom stereocenters. The summed E-state index contributed by atoms with van der Waals surface area (Å²) in [7, 11) is 3.19. The minimum absolute atomic E-state index is 0.0924. The molecule has 1 heterocycles. The van der Waals surface area contributed by atoms with Gasteiger partial charge in [0.25, 0.3) is 0 Å². The lowest BCUT2D eigenvalue weighted by Crippen LogP contribution is -2.32. The summed E-state index contributed by atoms with van der Waals surface area (Å²) in [5.41, 5.74) is 2.14. The number of hydrogen-bond donors (Lipinski definition) is 1. The van der Waals surface area contributed by atoms with Gasteiger partial charge >= 0.3 is 0 Å². The predicted octanol–water partition coefficient (Wildman–Crippen LogP) is 5.09. The number of carbonyl (C=O) groups excluding carboxylic acids is 2. The molecule has 32 heavy (non-hydrogen) atoms. The predicted molar refractivity (Wildman–Crippen MR) is 124 cm³/mol. The topological polar surface area (TPSA) is 67.9 Å². The van der Waals surface area contributed by atoms with Gasteiger partial charge in [0.15, 0.2) is 0 Å². The van der Waals surface area contributed by atoms with Crippen LogP contribution in [0, 0.1) is 5.92 Å². The number of halogens is 1. The Morgan fingerprint density at radius 3 is 2.19 bits per heavy atom. The molecule has 0 radical (unpaired) electrons. The van der Waals surface area contributed by atoms with E-state index in [0.29, 0.717) is 27.9 Å². The van der Waals surface area contributed by atoms with E-state index in [0.717, 1.165) is 5.56 Å². The monoisotopic (exact) mass is 450 g/mol. The summed E-state index contributed by atoms with van der Waals surface area (Å²) in [6.07, 6.45) is 0.0924. The van der Waals surface area contributed by atoms with Crippen molar-refractivity contribution in [3.8, 4) is 11.5 Å². The van der Waals surface area contributed by atoms with E-state index in [9.17, 15) is 9.59 Å². The van der Waals surface area contributed by atoms with E-state index >= 15 is 0 Å². The molecule has 3 aromatic rings. The van der Waals surface area contributed by atoms with Gasteiger partial charge in [-0.1, -0.05) is 29.8 Å². The first kappa shape index (κ1) is 21.7. The SMILES string of the molecule is COc1ccc([C@H]2[C@H](C(=O)Nc3cccc(Cl)c3)CC(=O)N2c2ccc(OC)cc2)cc1. The van der Waals surface area contributed by atoms with Gasteiger partial charge in [0.05, 0.1) is 26.2 Å². The van der Waals surface area contributed by atoms with Gasteiger partial charge in [-0.15, -0.1) is 0 Å². The number of benzene rings is 3. The van der Waals surface area contributed by atoms with Crippen LogP contribution in [-0.4, -0.2) is 26.0 Å².